The summed E-state index contributed by atoms with van der Waals surface area (Å²) in [4.78, 5) is 21.2. The molecular weight excluding hydrogens is 260 g/mol. The molecule has 0 heterocycles. The fraction of sp³-hybridized carbons (Fsp3) is 0.364. The Hall–Kier alpha value is -1.66. The zero-order chi connectivity index (χ0) is 13.7. The standard InChI is InChI=1S/C11H13ClN2O4/c1-2-5-13-10(11(15)16)7-3-4-8(12)9(6-7)14(17)18/h3-4,6,10,13H,2,5H2,1H3,(H,15,16). The predicted molar refractivity (Wildman–Crippen MR) is 66.8 cm³/mol. The molecular formula is C11H13ClN2O4. The van der Waals surface area contributed by atoms with Crippen molar-refractivity contribution in [3.05, 3.63) is 38.9 Å². The van der Waals surface area contributed by atoms with Gasteiger partial charge in [0.25, 0.3) is 5.69 Å². The summed E-state index contributed by atoms with van der Waals surface area (Å²) in [5, 5.41) is 22.6. The minimum atomic E-state index is -1.08. The number of nitro benzene ring substituents is 1. The molecule has 2 N–H and O–H groups in total. The normalized spacial score (nSPS) is 12.1. The third-order valence-electron chi connectivity index (χ3n) is 2.35. The zero-order valence-electron chi connectivity index (χ0n) is 9.72. The largest absolute Gasteiger partial charge is 0.480 e. The van der Waals surface area contributed by atoms with Crippen LogP contribution in [0.1, 0.15) is 24.9 Å². The van der Waals surface area contributed by atoms with Crippen molar-refractivity contribution in [2.45, 2.75) is 19.4 Å². The van der Waals surface area contributed by atoms with Crippen LogP contribution in [0.3, 0.4) is 0 Å². The number of nitrogens with zero attached hydrogens (tertiary/aromatic N) is 1. The van der Waals surface area contributed by atoms with Crippen molar-refractivity contribution in [2.24, 2.45) is 0 Å². The van der Waals surface area contributed by atoms with E-state index in [2.05, 4.69) is 5.32 Å². The quantitative estimate of drug-likeness (QED) is 0.613. The monoisotopic (exact) mass is 272 g/mol. The molecule has 0 fully saturated rings. The molecule has 1 unspecified atom stereocenters. The van der Waals surface area contributed by atoms with Crippen LogP contribution < -0.4 is 5.32 Å². The number of carbonyl (C=O) groups is 1. The molecule has 0 bridgehead atoms. The summed E-state index contributed by atoms with van der Waals surface area (Å²) in [5.74, 6) is -1.08. The van der Waals surface area contributed by atoms with Gasteiger partial charge in [0, 0.05) is 6.07 Å². The maximum atomic E-state index is 11.1. The first-order valence-electron chi connectivity index (χ1n) is 5.37. The number of hydrogen-bond donors (Lipinski definition) is 2. The van der Waals surface area contributed by atoms with E-state index in [-0.39, 0.29) is 10.7 Å². The molecule has 0 radical (unpaired) electrons. The minimum Gasteiger partial charge on any atom is -0.480 e. The van der Waals surface area contributed by atoms with E-state index in [1.54, 1.807) is 0 Å². The molecule has 6 nitrogen and oxygen atoms in total. The molecule has 0 aliphatic heterocycles. The highest BCUT2D eigenvalue weighted by Gasteiger charge is 2.22. The molecule has 1 aromatic rings. The van der Waals surface area contributed by atoms with Gasteiger partial charge in [-0.05, 0) is 24.6 Å². The van der Waals surface area contributed by atoms with Gasteiger partial charge >= 0.3 is 5.97 Å². The number of aliphatic carboxylic acids is 1. The van der Waals surface area contributed by atoms with Gasteiger partial charge in [-0.25, -0.2) is 0 Å². The Morgan fingerprint density at radius 3 is 2.78 bits per heavy atom. The van der Waals surface area contributed by atoms with Crippen molar-refractivity contribution in [2.75, 3.05) is 6.54 Å². The summed E-state index contributed by atoms with van der Waals surface area (Å²) in [7, 11) is 0. The Labute approximate surface area is 109 Å². The highest BCUT2D eigenvalue weighted by molar-refractivity contribution is 6.32. The smallest absolute Gasteiger partial charge is 0.325 e. The molecule has 0 aromatic heterocycles. The summed E-state index contributed by atoms with van der Waals surface area (Å²) in [6.07, 6.45) is 0.763. The van der Waals surface area contributed by atoms with E-state index in [0.717, 1.165) is 6.42 Å². The topological polar surface area (TPSA) is 92.5 Å². The first kappa shape index (κ1) is 14.4. The van der Waals surface area contributed by atoms with Crippen molar-refractivity contribution in [3.8, 4) is 0 Å². The van der Waals surface area contributed by atoms with Crippen molar-refractivity contribution in [1.82, 2.24) is 5.32 Å². The fourth-order valence-corrected chi connectivity index (χ4v) is 1.67. The molecule has 0 aliphatic carbocycles. The number of halogens is 1. The van der Waals surface area contributed by atoms with E-state index in [0.29, 0.717) is 12.1 Å². The average molecular weight is 273 g/mol. The molecule has 1 atom stereocenters. The van der Waals surface area contributed by atoms with Crippen LogP contribution in [0, 0.1) is 10.1 Å². The Morgan fingerprint density at radius 2 is 2.28 bits per heavy atom. The highest BCUT2D eigenvalue weighted by atomic mass is 35.5. The van der Waals surface area contributed by atoms with Crippen LogP contribution in [-0.2, 0) is 4.79 Å². The van der Waals surface area contributed by atoms with Crippen molar-refractivity contribution < 1.29 is 14.8 Å². The molecule has 0 saturated carbocycles. The summed E-state index contributed by atoms with van der Waals surface area (Å²) in [6.45, 7) is 2.41. The fourth-order valence-electron chi connectivity index (χ4n) is 1.49. The van der Waals surface area contributed by atoms with Gasteiger partial charge in [0.1, 0.15) is 11.1 Å². The van der Waals surface area contributed by atoms with Gasteiger partial charge in [0.15, 0.2) is 0 Å². The lowest BCUT2D eigenvalue weighted by Crippen LogP contribution is -2.29. The van der Waals surface area contributed by atoms with Gasteiger partial charge in [-0.1, -0.05) is 24.6 Å². The second kappa shape index (κ2) is 6.32. The van der Waals surface area contributed by atoms with Crippen molar-refractivity contribution >= 4 is 23.3 Å². The van der Waals surface area contributed by atoms with Gasteiger partial charge in [0.05, 0.1) is 4.92 Å². The average Bonchev–Trinajstić information content (AvgIpc) is 2.30. The second-order valence-electron chi connectivity index (χ2n) is 3.69. The summed E-state index contributed by atoms with van der Waals surface area (Å²) < 4.78 is 0. The maximum Gasteiger partial charge on any atom is 0.325 e. The summed E-state index contributed by atoms with van der Waals surface area (Å²) >= 11 is 5.67. The molecule has 0 saturated heterocycles. The molecule has 1 aromatic carbocycles. The third-order valence-corrected chi connectivity index (χ3v) is 2.67. The maximum absolute atomic E-state index is 11.1. The molecule has 0 amide bonds. The predicted octanol–water partition coefficient (Wildman–Crippen LogP) is 2.37. The number of rotatable bonds is 6. The van der Waals surface area contributed by atoms with Crippen LogP contribution >= 0.6 is 11.6 Å². The number of benzene rings is 1. The lowest BCUT2D eigenvalue weighted by molar-refractivity contribution is -0.384. The number of hydrogen-bond acceptors (Lipinski definition) is 4. The lowest BCUT2D eigenvalue weighted by atomic mass is 10.1. The van der Waals surface area contributed by atoms with E-state index in [9.17, 15) is 14.9 Å². The van der Waals surface area contributed by atoms with Crippen molar-refractivity contribution in [1.29, 1.82) is 0 Å². The van der Waals surface area contributed by atoms with Crippen LogP contribution in [0.25, 0.3) is 0 Å². The second-order valence-corrected chi connectivity index (χ2v) is 4.10. The van der Waals surface area contributed by atoms with Gasteiger partial charge in [-0.15, -0.1) is 0 Å². The summed E-state index contributed by atoms with van der Waals surface area (Å²) in [5.41, 5.74) is 0.0192. The van der Waals surface area contributed by atoms with Crippen LogP contribution in [-0.4, -0.2) is 22.5 Å². The molecule has 1 rings (SSSR count). The first-order valence-corrected chi connectivity index (χ1v) is 5.75. The number of nitrogens with one attached hydrogen (secondary N) is 1. The third kappa shape index (κ3) is 3.41. The Balaban J connectivity index is 3.09. The first-order chi connectivity index (χ1) is 8.47. The molecule has 0 spiro atoms. The molecule has 7 heteroatoms. The highest BCUT2D eigenvalue weighted by Crippen LogP contribution is 2.27. The van der Waals surface area contributed by atoms with Crippen LogP contribution in [0.5, 0.6) is 0 Å². The van der Waals surface area contributed by atoms with Crippen LogP contribution in [0.2, 0.25) is 5.02 Å². The van der Waals surface area contributed by atoms with Crippen LogP contribution in [0.4, 0.5) is 5.69 Å². The van der Waals surface area contributed by atoms with E-state index in [1.165, 1.54) is 18.2 Å². The lowest BCUT2D eigenvalue weighted by Gasteiger charge is -2.14. The van der Waals surface area contributed by atoms with E-state index in [4.69, 9.17) is 16.7 Å². The number of carboxylic acid groups (broad SMARTS) is 1. The summed E-state index contributed by atoms with van der Waals surface area (Å²) in [6, 6.07) is 3.01. The number of nitro groups is 1. The van der Waals surface area contributed by atoms with Gasteiger partial charge in [-0.2, -0.15) is 0 Å². The van der Waals surface area contributed by atoms with Crippen LogP contribution in [0.15, 0.2) is 18.2 Å². The van der Waals surface area contributed by atoms with Gasteiger partial charge in [0.2, 0.25) is 0 Å². The number of carboxylic acids is 1. The molecule has 98 valence electrons. The minimum absolute atomic E-state index is 0.0108. The Morgan fingerprint density at radius 1 is 1.61 bits per heavy atom. The van der Waals surface area contributed by atoms with E-state index >= 15 is 0 Å². The molecule has 18 heavy (non-hydrogen) atoms. The van der Waals surface area contributed by atoms with Gasteiger partial charge in [-0.3, -0.25) is 14.9 Å². The molecule has 0 aliphatic rings. The Bertz CT molecular complexity index is 464. The zero-order valence-corrected chi connectivity index (χ0v) is 10.5. The van der Waals surface area contributed by atoms with E-state index < -0.39 is 16.9 Å². The van der Waals surface area contributed by atoms with Crippen molar-refractivity contribution in [3.63, 3.8) is 0 Å². The SMILES string of the molecule is CCCNC(C(=O)O)c1ccc(Cl)c([N+](=O)[O-])c1. The van der Waals surface area contributed by atoms with Gasteiger partial charge < -0.3 is 10.4 Å². The van der Waals surface area contributed by atoms with E-state index in [1.807, 2.05) is 6.92 Å². The Kier molecular flexibility index (Phi) is 5.06.